The van der Waals surface area contributed by atoms with Crippen molar-refractivity contribution in [2.75, 3.05) is 6.54 Å². The van der Waals surface area contributed by atoms with Gasteiger partial charge >= 0.3 is 0 Å². The zero-order chi connectivity index (χ0) is 19.2. The van der Waals surface area contributed by atoms with Crippen molar-refractivity contribution in [2.24, 2.45) is 0 Å². The average molecular weight is 369 g/mol. The Kier molecular flexibility index (Phi) is 6.35. The predicted molar refractivity (Wildman–Crippen MR) is 101 cm³/mol. The van der Waals surface area contributed by atoms with E-state index in [1.165, 1.54) is 35.7 Å². The van der Waals surface area contributed by atoms with Crippen LogP contribution in [0.3, 0.4) is 0 Å². The number of carbonyl (C=O) groups excluding carboxylic acids is 2. The molecule has 1 amide bonds. The van der Waals surface area contributed by atoms with Crippen molar-refractivity contribution < 1.29 is 19.1 Å². The summed E-state index contributed by atoms with van der Waals surface area (Å²) in [5, 5.41) is 12.6. The number of rotatable bonds is 7. The van der Waals surface area contributed by atoms with Crippen LogP contribution >= 0.6 is 0 Å². The lowest BCUT2D eigenvalue weighted by molar-refractivity contribution is -0.121. The molecule has 0 heterocycles. The van der Waals surface area contributed by atoms with Crippen LogP contribution in [0.4, 0.5) is 4.39 Å². The predicted octanol–water partition coefficient (Wildman–Crippen LogP) is 3.52. The Morgan fingerprint density at radius 2 is 1.81 bits per heavy atom. The summed E-state index contributed by atoms with van der Waals surface area (Å²) in [6.45, 7) is -0.0185. The number of fused-ring (bicyclic) bond motifs is 1. The van der Waals surface area contributed by atoms with Crippen molar-refractivity contribution in [3.63, 3.8) is 0 Å². The van der Waals surface area contributed by atoms with Crippen LogP contribution in [0.2, 0.25) is 0 Å². The van der Waals surface area contributed by atoms with E-state index in [-0.39, 0.29) is 31.1 Å². The number of hydrogen-bond acceptors (Lipinski definition) is 3. The van der Waals surface area contributed by atoms with Gasteiger partial charge in [-0.3, -0.25) is 9.59 Å². The van der Waals surface area contributed by atoms with E-state index in [4.69, 9.17) is 0 Å². The van der Waals surface area contributed by atoms with E-state index in [9.17, 15) is 19.1 Å². The second kappa shape index (κ2) is 8.91. The summed E-state index contributed by atoms with van der Waals surface area (Å²) in [7, 11) is 0. The first-order valence-electron chi connectivity index (χ1n) is 9.38. The molecular formula is C22H24FNO3. The lowest BCUT2D eigenvalue weighted by atomic mass is 9.89. The summed E-state index contributed by atoms with van der Waals surface area (Å²) in [4.78, 5) is 24.3. The maximum atomic E-state index is 13.2. The van der Waals surface area contributed by atoms with E-state index >= 15 is 0 Å². The topological polar surface area (TPSA) is 66.4 Å². The van der Waals surface area contributed by atoms with Gasteiger partial charge in [0.1, 0.15) is 5.82 Å². The maximum absolute atomic E-state index is 13.2. The number of Topliss-reactive ketones (excluding diaryl/α,β-unsaturated/α-hetero) is 1. The molecule has 0 spiro atoms. The third-order valence-electron chi connectivity index (χ3n) is 4.98. The van der Waals surface area contributed by atoms with Crippen LogP contribution in [0.15, 0.2) is 42.5 Å². The van der Waals surface area contributed by atoms with Crippen molar-refractivity contribution in [3.05, 3.63) is 70.5 Å². The van der Waals surface area contributed by atoms with Crippen molar-refractivity contribution in [1.82, 2.24) is 5.32 Å². The molecular weight excluding hydrogens is 345 g/mol. The number of amides is 1. The fraction of sp³-hybridized carbons (Fsp3) is 0.364. The molecule has 0 aromatic heterocycles. The fourth-order valence-electron chi connectivity index (χ4n) is 3.41. The minimum absolute atomic E-state index is 0.0185. The third-order valence-corrected chi connectivity index (χ3v) is 4.98. The van der Waals surface area contributed by atoms with Crippen molar-refractivity contribution in [3.8, 4) is 0 Å². The van der Waals surface area contributed by atoms with E-state index < -0.39 is 11.9 Å². The number of benzene rings is 2. The Labute approximate surface area is 158 Å². The lowest BCUT2D eigenvalue weighted by Gasteiger charge is -2.16. The summed E-state index contributed by atoms with van der Waals surface area (Å²) in [5.74, 6) is -0.797. The summed E-state index contributed by atoms with van der Waals surface area (Å²) in [5.41, 5.74) is 3.63. The lowest BCUT2D eigenvalue weighted by Crippen LogP contribution is -2.28. The number of ketones is 1. The van der Waals surface area contributed by atoms with E-state index in [0.29, 0.717) is 11.1 Å². The smallest absolute Gasteiger partial charge is 0.220 e. The third kappa shape index (κ3) is 5.23. The second-order valence-electron chi connectivity index (χ2n) is 6.99. The van der Waals surface area contributed by atoms with Gasteiger partial charge in [0.15, 0.2) is 5.78 Å². The first kappa shape index (κ1) is 19.2. The highest BCUT2D eigenvalue weighted by Gasteiger charge is 2.15. The van der Waals surface area contributed by atoms with Gasteiger partial charge in [-0.2, -0.15) is 0 Å². The number of nitrogens with one attached hydrogen (secondary N) is 1. The van der Waals surface area contributed by atoms with E-state index in [1.807, 2.05) is 18.2 Å². The van der Waals surface area contributed by atoms with Crippen LogP contribution in [0.1, 0.15) is 58.8 Å². The van der Waals surface area contributed by atoms with Crippen molar-refractivity contribution in [1.29, 1.82) is 0 Å². The van der Waals surface area contributed by atoms with E-state index in [2.05, 4.69) is 5.32 Å². The van der Waals surface area contributed by atoms with Crippen molar-refractivity contribution >= 4 is 11.7 Å². The molecule has 4 nitrogen and oxygen atoms in total. The Bertz CT molecular complexity index is 834. The molecule has 3 rings (SSSR count). The standard InChI is InChI=1S/C22H24FNO3/c23-19-7-3-6-17(13-19)21(26)14-24-22(27)11-10-20(25)18-9-8-15-4-1-2-5-16(15)12-18/h3,6-9,12-13,21,26H,1-2,4-5,10-11,14H2,(H,24,27). The zero-order valence-corrected chi connectivity index (χ0v) is 15.2. The minimum atomic E-state index is -0.985. The van der Waals surface area contributed by atoms with Gasteiger partial charge < -0.3 is 10.4 Å². The Morgan fingerprint density at radius 1 is 1.04 bits per heavy atom. The number of aliphatic hydroxyl groups is 1. The van der Waals surface area contributed by atoms with Crippen LogP contribution in [0, 0.1) is 5.82 Å². The fourth-order valence-corrected chi connectivity index (χ4v) is 3.41. The maximum Gasteiger partial charge on any atom is 0.220 e. The average Bonchev–Trinajstić information content (AvgIpc) is 2.69. The Morgan fingerprint density at radius 3 is 2.59 bits per heavy atom. The van der Waals surface area contributed by atoms with Crippen molar-refractivity contribution in [2.45, 2.75) is 44.6 Å². The summed E-state index contributed by atoms with van der Waals surface area (Å²) >= 11 is 0. The zero-order valence-electron chi connectivity index (χ0n) is 15.2. The molecule has 1 atom stereocenters. The highest BCUT2D eigenvalue weighted by Crippen LogP contribution is 2.23. The number of carbonyl (C=O) groups is 2. The van der Waals surface area contributed by atoms with Crippen LogP contribution in [0.5, 0.6) is 0 Å². The summed E-state index contributed by atoms with van der Waals surface area (Å²) in [6.07, 6.45) is 3.63. The molecule has 0 radical (unpaired) electrons. The molecule has 0 saturated carbocycles. The molecule has 2 aromatic rings. The molecule has 5 heteroatoms. The molecule has 142 valence electrons. The normalized spacial score (nSPS) is 14.3. The number of aliphatic hydroxyl groups excluding tert-OH is 1. The van der Waals surface area contributed by atoms with Gasteiger partial charge in [-0.15, -0.1) is 0 Å². The van der Waals surface area contributed by atoms with Gasteiger partial charge in [-0.05, 0) is 60.6 Å². The highest BCUT2D eigenvalue weighted by molar-refractivity contribution is 5.98. The van der Waals surface area contributed by atoms with Gasteiger partial charge in [-0.25, -0.2) is 4.39 Å². The monoisotopic (exact) mass is 369 g/mol. The molecule has 0 fully saturated rings. The molecule has 2 aromatic carbocycles. The molecule has 0 saturated heterocycles. The highest BCUT2D eigenvalue weighted by atomic mass is 19.1. The van der Waals surface area contributed by atoms with Gasteiger partial charge in [0.05, 0.1) is 6.10 Å². The van der Waals surface area contributed by atoms with Gasteiger partial charge in [-0.1, -0.05) is 24.3 Å². The van der Waals surface area contributed by atoms with Gasteiger partial charge in [0.25, 0.3) is 0 Å². The number of halogens is 1. The number of aryl methyl sites for hydroxylation is 2. The number of hydrogen-bond donors (Lipinski definition) is 2. The first-order valence-corrected chi connectivity index (χ1v) is 9.38. The SMILES string of the molecule is O=C(CCC(=O)c1ccc2c(c1)CCCC2)NCC(O)c1cccc(F)c1. The van der Waals surface area contributed by atoms with Crippen LogP contribution in [-0.4, -0.2) is 23.3 Å². The summed E-state index contributed by atoms with van der Waals surface area (Å²) < 4.78 is 13.2. The second-order valence-corrected chi connectivity index (χ2v) is 6.99. The van der Waals surface area contributed by atoms with Crippen LogP contribution in [-0.2, 0) is 17.6 Å². The molecule has 0 bridgehead atoms. The van der Waals surface area contributed by atoms with E-state index in [0.717, 1.165) is 19.3 Å². The van der Waals surface area contributed by atoms with Crippen LogP contribution in [0.25, 0.3) is 0 Å². The van der Waals surface area contributed by atoms with Crippen LogP contribution < -0.4 is 5.32 Å². The first-order chi connectivity index (χ1) is 13.0. The molecule has 1 unspecified atom stereocenters. The molecule has 1 aliphatic rings. The quantitative estimate of drug-likeness (QED) is 0.734. The Hall–Kier alpha value is -2.53. The minimum Gasteiger partial charge on any atom is -0.387 e. The molecule has 27 heavy (non-hydrogen) atoms. The molecule has 1 aliphatic carbocycles. The van der Waals surface area contributed by atoms with E-state index in [1.54, 1.807) is 6.07 Å². The molecule has 2 N–H and O–H groups in total. The summed E-state index contributed by atoms with van der Waals surface area (Å²) in [6, 6.07) is 11.5. The largest absolute Gasteiger partial charge is 0.387 e. The van der Waals surface area contributed by atoms with Gasteiger partial charge in [0, 0.05) is 24.9 Å². The molecule has 0 aliphatic heterocycles. The Balaban J connectivity index is 1.46. The van der Waals surface area contributed by atoms with Gasteiger partial charge in [0.2, 0.25) is 5.91 Å².